The number of likely N-dealkylation sites (tertiary alicyclic amines) is 1. The maximum Gasteiger partial charge on any atom is 0.225 e. The second kappa shape index (κ2) is 7.11. The third kappa shape index (κ3) is 4.59. The Hall–Kier alpha value is -1.30. The van der Waals surface area contributed by atoms with E-state index in [1.165, 1.54) is 6.42 Å². The highest BCUT2D eigenvalue weighted by Crippen LogP contribution is 2.22. The molecule has 1 aromatic rings. The van der Waals surface area contributed by atoms with Gasteiger partial charge < -0.3 is 20.9 Å². The van der Waals surface area contributed by atoms with Crippen LogP contribution in [0.5, 0.6) is 0 Å². The van der Waals surface area contributed by atoms with E-state index >= 15 is 0 Å². The first kappa shape index (κ1) is 16.1. The lowest BCUT2D eigenvalue weighted by Gasteiger charge is -2.20. The van der Waals surface area contributed by atoms with Crippen molar-refractivity contribution >= 4 is 28.9 Å². The molecule has 2 rings (SSSR count). The van der Waals surface area contributed by atoms with Gasteiger partial charge in [0.2, 0.25) is 5.91 Å². The van der Waals surface area contributed by atoms with Crippen LogP contribution in [0.1, 0.15) is 12.8 Å². The molecule has 1 atom stereocenters. The average Bonchev–Trinajstić information content (AvgIpc) is 2.89. The SMILES string of the molecule is CN(C)C1CCN(CCC(=O)Nc2ccc(Cl)cc2N)C1. The maximum atomic E-state index is 12.0. The number of nitrogen functional groups attached to an aromatic ring is 1. The van der Waals surface area contributed by atoms with Gasteiger partial charge in [0.25, 0.3) is 0 Å². The van der Waals surface area contributed by atoms with Crippen molar-refractivity contribution in [3.8, 4) is 0 Å². The van der Waals surface area contributed by atoms with Crippen LogP contribution in [-0.4, -0.2) is 55.5 Å². The second-order valence-electron chi connectivity index (χ2n) is 5.74. The van der Waals surface area contributed by atoms with Gasteiger partial charge in [0, 0.05) is 30.6 Å². The van der Waals surface area contributed by atoms with Gasteiger partial charge in [0.15, 0.2) is 0 Å². The zero-order chi connectivity index (χ0) is 15.4. The number of nitrogens with two attached hydrogens (primary N) is 1. The zero-order valence-corrected chi connectivity index (χ0v) is 13.4. The van der Waals surface area contributed by atoms with Gasteiger partial charge in [-0.2, -0.15) is 0 Å². The van der Waals surface area contributed by atoms with Crippen LogP contribution in [-0.2, 0) is 4.79 Å². The number of amides is 1. The van der Waals surface area contributed by atoms with E-state index in [1.54, 1.807) is 18.2 Å². The third-order valence-corrected chi connectivity index (χ3v) is 4.16. The number of carbonyl (C=O) groups excluding carboxylic acids is 1. The van der Waals surface area contributed by atoms with Crippen molar-refractivity contribution in [3.63, 3.8) is 0 Å². The number of nitrogens with zero attached hydrogens (tertiary/aromatic N) is 2. The summed E-state index contributed by atoms with van der Waals surface area (Å²) in [7, 11) is 4.20. The fraction of sp³-hybridized carbons (Fsp3) is 0.533. The third-order valence-electron chi connectivity index (χ3n) is 3.92. The fourth-order valence-corrected chi connectivity index (χ4v) is 2.74. The lowest BCUT2D eigenvalue weighted by atomic mass is 10.2. The van der Waals surface area contributed by atoms with Crippen molar-refractivity contribution in [1.82, 2.24) is 9.80 Å². The molecule has 1 amide bonds. The van der Waals surface area contributed by atoms with E-state index in [0.29, 0.717) is 28.9 Å². The summed E-state index contributed by atoms with van der Waals surface area (Å²) in [4.78, 5) is 16.6. The van der Waals surface area contributed by atoms with Gasteiger partial charge in [-0.1, -0.05) is 11.6 Å². The monoisotopic (exact) mass is 310 g/mol. The molecular formula is C15H23ClN4O. The topological polar surface area (TPSA) is 61.6 Å². The number of likely N-dealkylation sites (N-methyl/N-ethyl adjacent to an activating group) is 1. The summed E-state index contributed by atoms with van der Waals surface area (Å²) in [6.45, 7) is 2.87. The smallest absolute Gasteiger partial charge is 0.225 e. The van der Waals surface area contributed by atoms with Crippen LogP contribution in [0.15, 0.2) is 18.2 Å². The van der Waals surface area contributed by atoms with E-state index in [4.69, 9.17) is 17.3 Å². The summed E-state index contributed by atoms with van der Waals surface area (Å²) in [5.41, 5.74) is 6.94. The molecule has 0 bridgehead atoms. The number of benzene rings is 1. The van der Waals surface area contributed by atoms with Crippen LogP contribution in [0.4, 0.5) is 11.4 Å². The maximum absolute atomic E-state index is 12.0. The number of halogens is 1. The number of hydrogen-bond acceptors (Lipinski definition) is 4. The Bertz CT molecular complexity index is 506. The molecule has 1 fully saturated rings. The molecule has 0 aromatic heterocycles. The molecule has 0 saturated carbocycles. The number of rotatable bonds is 5. The minimum atomic E-state index is -0.0164. The quantitative estimate of drug-likeness (QED) is 0.815. The Morgan fingerprint density at radius 2 is 2.29 bits per heavy atom. The number of carbonyl (C=O) groups is 1. The number of anilines is 2. The Labute approximate surface area is 131 Å². The van der Waals surface area contributed by atoms with E-state index in [-0.39, 0.29) is 5.91 Å². The van der Waals surface area contributed by atoms with E-state index in [1.807, 2.05) is 0 Å². The minimum absolute atomic E-state index is 0.0164. The first-order chi connectivity index (χ1) is 9.95. The van der Waals surface area contributed by atoms with Crippen LogP contribution in [0, 0.1) is 0 Å². The highest BCUT2D eigenvalue weighted by molar-refractivity contribution is 6.31. The Morgan fingerprint density at radius 3 is 2.90 bits per heavy atom. The second-order valence-corrected chi connectivity index (χ2v) is 6.17. The molecular weight excluding hydrogens is 288 g/mol. The van der Waals surface area contributed by atoms with Crippen LogP contribution in [0.25, 0.3) is 0 Å². The predicted octanol–water partition coefficient (Wildman–Crippen LogP) is 1.89. The van der Waals surface area contributed by atoms with Gasteiger partial charge in [-0.15, -0.1) is 0 Å². The molecule has 5 nitrogen and oxygen atoms in total. The first-order valence-corrected chi connectivity index (χ1v) is 7.57. The molecule has 21 heavy (non-hydrogen) atoms. The van der Waals surface area contributed by atoms with Gasteiger partial charge in [-0.05, 0) is 45.3 Å². The summed E-state index contributed by atoms with van der Waals surface area (Å²) in [6.07, 6.45) is 1.64. The normalized spacial score (nSPS) is 19.1. The summed E-state index contributed by atoms with van der Waals surface area (Å²) in [6, 6.07) is 5.68. The fourth-order valence-electron chi connectivity index (χ4n) is 2.56. The van der Waals surface area contributed by atoms with E-state index in [2.05, 4.69) is 29.2 Å². The van der Waals surface area contributed by atoms with Crippen LogP contribution >= 0.6 is 11.6 Å². The average molecular weight is 311 g/mol. The van der Waals surface area contributed by atoms with Crippen LogP contribution in [0.3, 0.4) is 0 Å². The Kier molecular flexibility index (Phi) is 5.45. The number of nitrogens with one attached hydrogen (secondary N) is 1. The summed E-state index contributed by atoms with van der Waals surface area (Å²) < 4.78 is 0. The molecule has 6 heteroatoms. The van der Waals surface area contributed by atoms with Crippen molar-refractivity contribution in [1.29, 1.82) is 0 Å². The molecule has 0 spiro atoms. The Balaban J connectivity index is 1.78. The molecule has 0 radical (unpaired) electrons. The van der Waals surface area contributed by atoms with E-state index in [0.717, 1.165) is 19.6 Å². The van der Waals surface area contributed by atoms with Crippen LogP contribution in [0.2, 0.25) is 5.02 Å². The molecule has 0 aliphatic carbocycles. The molecule has 1 aromatic carbocycles. The summed E-state index contributed by atoms with van der Waals surface area (Å²) >= 11 is 5.84. The molecule has 116 valence electrons. The molecule has 1 heterocycles. The molecule has 1 unspecified atom stereocenters. The highest BCUT2D eigenvalue weighted by atomic mass is 35.5. The van der Waals surface area contributed by atoms with Crippen LogP contribution < -0.4 is 11.1 Å². The van der Waals surface area contributed by atoms with Gasteiger partial charge in [0.1, 0.15) is 0 Å². The van der Waals surface area contributed by atoms with Gasteiger partial charge in [0.05, 0.1) is 11.4 Å². The lowest BCUT2D eigenvalue weighted by molar-refractivity contribution is -0.116. The molecule has 1 saturated heterocycles. The molecule has 1 aliphatic rings. The minimum Gasteiger partial charge on any atom is -0.397 e. The standard InChI is InChI=1S/C15H23ClN4O/c1-19(2)12-5-7-20(10-12)8-6-15(21)18-14-4-3-11(16)9-13(14)17/h3-4,9,12H,5-8,10,17H2,1-2H3,(H,18,21). The molecule has 1 aliphatic heterocycles. The van der Waals surface area contributed by atoms with Crippen molar-refractivity contribution in [2.24, 2.45) is 0 Å². The predicted molar refractivity (Wildman–Crippen MR) is 87.6 cm³/mol. The van der Waals surface area contributed by atoms with Gasteiger partial charge >= 0.3 is 0 Å². The van der Waals surface area contributed by atoms with Gasteiger partial charge in [-0.25, -0.2) is 0 Å². The number of hydrogen-bond donors (Lipinski definition) is 2. The van der Waals surface area contributed by atoms with Crippen molar-refractivity contribution in [3.05, 3.63) is 23.2 Å². The van der Waals surface area contributed by atoms with Gasteiger partial charge in [-0.3, -0.25) is 4.79 Å². The summed E-state index contributed by atoms with van der Waals surface area (Å²) in [5.74, 6) is -0.0164. The molecule has 3 N–H and O–H groups in total. The largest absolute Gasteiger partial charge is 0.397 e. The zero-order valence-electron chi connectivity index (χ0n) is 12.6. The summed E-state index contributed by atoms with van der Waals surface area (Å²) in [5, 5.41) is 3.40. The van der Waals surface area contributed by atoms with Crippen molar-refractivity contribution < 1.29 is 4.79 Å². The van der Waals surface area contributed by atoms with Crippen molar-refractivity contribution in [2.45, 2.75) is 18.9 Å². The lowest BCUT2D eigenvalue weighted by Crippen LogP contribution is -2.32. The first-order valence-electron chi connectivity index (χ1n) is 7.19. The van der Waals surface area contributed by atoms with Crippen molar-refractivity contribution in [2.75, 3.05) is 44.8 Å². The highest BCUT2D eigenvalue weighted by Gasteiger charge is 2.23. The van der Waals surface area contributed by atoms with E-state index in [9.17, 15) is 4.79 Å². The van der Waals surface area contributed by atoms with E-state index < -0.39 is 0 Å². The Morgan fingerprint density at radius 1 is 1.52 bits per heavy atom.